The van der Waals surface area contributed by atoms with Gasteiger partial charge in [-0.1, -0.05) is 48.7 Å². The summed E-state index contributed by atoms with van der Waals surface area (Å²) in [6.07, 6.45) is 5.65. The van der Waals surface area contributed by atoms with Crippen LogP contribution in [0.3, 0.4) is 0 Å². The van der Waals surface area contributed by atoms with Gasteiger partial charge in [-0.05, 0) is 48.3 Å². The number of esters is 1. The maximum Gasteiger partial charge on any atom is 0.344 e. The van der Waals surface area contributed by atoms with Crippen LogP contribution in [-0.4, -0.2) is 19.2 Å². The fourth-order valence-corrected chi connectivity index (χ4v) is 4.07. The van der Waals surface area contributed by atoms with Crippen LogP contribution in [0.1, 0.15) is 33.1 Å². The molecule has 4 rings (SSSR count). The van der Waals surface area contributed by atoms with E-state index < -0.39 is 0 Å². The van der Waals surface area contributed by atoms with Gasteiger partial charge in [0.1, 0.15) is 5.75 Å². The van der Waals surface area contributed by atoms with E-state index in [4.69, 9.17) is 32.7 Å². The van der Waals surface area contributed by atoms with E-state index in [2.05, 4.69) is 19.9 Å². The zero-order chi connectivity index (χ0) is 17.3. The Morgan fingerprint density at radius 2 is 2.12 bits per heavy atom. The molecule has 130 valence electrons. The lowest BCUT2D eigenvalue weighted by Gasteiger charge is -2.55. The van der Waals surface area contributed by atoms with Crippen LogP contribution >= 0.6 is 23.2 Å². The van der Waals surface area contributed by atoms with Gasteiger partial charge in [-0.25, -0.2) is 4.79 Å². The highest BCUT2D eigenvalue weighted by Crippen LogP contribution is 2.58. The molecule has 1 saturated carbocycles. The molecule has 0 spiro atoms. The van der Waals surface area contributed by atoms with Gasteiger partial charge < -0.3 is 9.47 Å². The van der Waals surface area contributed by atoms with Crippen molar-refractivity contribution < 1.29 is 14.3 Å². The first-order chi connectivity index (χ1) is 11.4. The summed E-state index contributed by atoms with van der Waals surface area (Å²) in [6, 6.07) is 4.88. The quantitative estimate of drug-likeness (QED) is 0.504. The van der Waals surface area contributed by atoms with E-state index in [1.54, 1.807) is 18.2 Å². The summed E-state index contributed by atoms with van der Waals surface area (Å²) in [5, 5.41) is 0.904. The number of carbonyl (C=O) groups excluding carboxylic acids is 1. The van der Waals surface area contributed by atoms with Gasteiger partial charge >= 0.3 is 5.97 Å². The van der Waals surface area contributed by atoms with Crippen LogP contribution in [0.2, 0.25) is 10.0 Å². The third-order valence-electron chi connectivity index (χ3n) is 5.42. The Balaban J connectivity index is 1.39. The lowest BCUT2D eigenvalue weighted by molar-refractivity contribution is -0.145. The maximum atomic E-state index is 11.8. The molecule has 3 aliphatic rings. The van der Waals surface area contributed by atoms with Crippen molar-refractivity contribution in [2.24, 2.45) is 17.3 Å². The fraction of sp³-hybridized carbons (Fsp3) is 0.526. The molecule has 3 nitrogen and oxygen atoms in total. The van der Waals surface area contributed by atoms with Crippen molar-refractivity contribution in [3.63, 3.8) is 0 Å². The van der Waals surface area contributed by atoms with E-state index in [0.717, 1.165) is 18.8 Å². The van der Waals surface area contributed by atoms with Crippen LogP contribution in [0.25, 0.3) is 0 Å². The number of halogens is 2. The Labute approximate surface area is 152 Å². The first-order valence-electron chi connectivity index (χ1n) is 8.29. The fourth-order valence-electron chi connectivity index (χ4n) is 3.61. The topological polar surface area (TPSA) is 35.5 Å². The molecular formula is C19H22Cl2O3. The normalized spacial score (nSPS) is 23.9. The molecular weight excluding hydrogens is 347 g/mol. The molecule has 0 aromatic heterocycles. The van der Waals surface area contributed by atoms with E-state index in [1.807, 2.05) is 0 Å². The molecule has 1 aromatic carbocycles. The monoisotopic (exact) mass is 368 g/mol. The molecule has 5 heteroatoms. The lowest BCUT2D eigenvalue weighted by atomic mass is 9.50. The van der Waals surface area contributed by atoms with Gasteiger partial charge in [-0.2, -0.15) is 0 Å². The highest BCUT2D eigenvalue weighted by Gasteiger charge is 2.49. The van der Waals surface area contributed by atoms with Gasteiger partial charge in [-0.3, -0.25) is 0 Å². The first-order valence-corrected chi connectivity index (χ1v) is 9.05. The van der Waals surface area contributed by atoms with Crippen molar-refractivity contribution in [2.45, 2.75) is 33.1 Å². The van der Waals surface area contributed by atoms with Crippen molar-refractivity contribution in [2.75, 3.05) is 13.2 Å². The van der Waals surface area contributed by atoms with Crippen LogP contribution in [0, 0.1) is 17.3 Å². The second-order valence-corrected chi connectivity index (χ2v) is 8.07. The summed E-state index contributed by atoms with van der Waals surface area (Å²) in [4.78, 5) is 11.8. The van der Waals surface area contributed by atoms with E-state index in [1.165, 1.54) is 12.0 Å². The number of rotatable bonds is 6. The predicted molar refractivity (Wildman–Crippen MR) is 95.6 cm³/mol. The van der Waals surface area contributed by atoms with Gasteiger partial charge in [0.25, 0.3) is 0 Å². The summed E-state index contributed by atoms with van der Waals surface area (Å²) in [7, 11) is 0. The zero-order valence-electron chi connectivity index (χ0n) is 14.0. The third-order valence-corrected chi connectivity index (χ3v) is 5.95. The Morgan fingerprint density at radius 1 is 1.33 bits per heavy atom. The van der Waals surface area contributed by atoms with Crippen LogP contribution in [-0.2, 0) is 9.53 Å². The van der Waals surface area contributed by atoms with E-state index in [-0.39, 0.29) is 12.6 Å². The summed E-state index contributed by atoms with van der Waals surface area (Å²) in [5.41, 5.74) is 1.87. The summed E-state index contributed by atoms with van der Waals surface area (Å²) in [6.45, 7) is 4.94. The predicted octanol–water partition coefficient (Wildman–Crippen LogP) is 5.30. The van der Waals surface area contributed by atoms with Crippen LogP contribution < -0.4 is 4.74 Å². The van der Waals surface area contributed by atoms with Crippen LogP contribution in [0.5, 0.6) is 5.75 Å². The van der Waals surface area contributed by atoms with Gasteiger partial charge in [0.15, 0.2) is 6.61 Å². The Morgan fingerprint density at radius 3 is 2.75 bits per heavy atom. The molecule has 2 bridgehead atoms. The summed E-state index contributed by atoms with van der Waals surface area (Å²) < 4.78 is 10.6. The van der Waals surface area contributed by atoms with Crippen molar-refractivity contribution >= 4 is 29.2 Å². The molecule has 24 heavy (non-hydrogen) atoms. The second-order valence-electron chi connectivity index (χ2n) is 7.22. The van der Waals surface area contributed by atoms with Gasteiger partial charge in [0.2, 0.25) is 0 Å². The van der Waals surface area contributed by atoms with E-state index >= 15 is 0 Å². The molecule has 0 amide bonds. The molecule has 2 unspecified atom stereocenters. The molecule has 0 N–H and O–H groups in total. The molecule has 3 aliphatic carbocycles. The van der Waals surface area contributed by atoms with E-state index in [9.17, 15) is 4.79 Å². The number of benzene rings is 1. The number of hydrogen-bond donors (Lipinski definition) is 0. The van der Waals surface area contributed by atoms with Gasteiger partial charge in [-0.15, -0.1) is 0 Å². The lowest BCUT2D eigenvalue weighted by Crippen LogP contribution is -2.46. The minimum atomic E-state index is -0.386. The minimum absolute atomic E-state index is 0.154. The maximum absolute atomic E-state index is 11.8. The highest BCUT2D eigenvalue weighted by molar-refractivity contribution is 6.35. The van der Waals surface area contributed by atoms with Crippen molar-refractivity contribution in [3.8, 4) is 5.75 Å². The summed E-state index contributed by atoms with van der Waals surface area (Å²) in [5.74, 6) is 1.52. The molecule has 2 atom stereocenters. The average Bonchev–Trinajstić information content (AvgIpc) is 2.54. The Bertz CT molecular complexity index is 667. The first kappa shape index (κ1) is 17.6. The van der Waals surface area contributed by atoms with Gasteiger partial charge in [0.05, 0.1) is 11.6 Å². The molecule has 0 aliphatic heterocycles. The molecule has 0 heterocycles. The Kier molecular flexibility index (Phi) is 5.12. The average molecular weight is 369 g/mol. The summed E-state index contributed by atoms with van der Waals surface area (Å²) >= 11 is 11.8. The largest absolute Gasteiger partial charge is 0.480 e. The molecule has 0 saturated heterocycles. The van der Waals surface area contributed by atoms with Gasteiger partial charge in [0, 0.05) is 11.4 Å². The second kappa shape index (κ2) is 6.97. The number of carbonyl (C=O) groups is 1. The number of fused-ring (bicyclic) bond motifs is 1. The van der Waals surface area contributed by atoms with Crippen LogP contribution in [0.4, 0.5) is 0 Å². The number of hydrogen-bond acceptors (Lipinski definition) is 3. The Hall–Kier alpha value is -1.19. The SMILES string of the molecule is CC1(C)C2C=C(CCOC(=O)COc3ccc(Cl)cc3Cl)CC1C2. The molecule has 1 aromatic rings. The van der Waals surface area contributed by atoms with E-state index in [0.29, 0.717) is 33.7 Å². The molecule has 0 radical (unpaired) electrons. The minimum Gasteiger partial charge on any atom is -0.480 e. The highest BCUT2D eigenvalue weighted by atomic mass is 35.5. The smallest absolute Gasteiger partial charge is 0.344 e. The number of ether oxygens (including phenoxy) is 2. The van der Waals surface area contributed by atoms with Crippen molar-refractivity contribution in [3.05, 3.63) is 39.9 Å². The van der Waals surface area contributed by atoms with Crippen molar-refractivity contribution in [1.82, 2.24) is 0 Å². The van der Waals surface area contributed by atoms with Crippen LogP contribution in [0.15, 0.2) is 29.8 Å². The standard InChI is InChI=1S/C19H22Cl2O3/c1-19(2)13-7-12(8-14(19)9-13)5-6-23-18(22)11-24-17-4-3-15(20)10-16(17)21/h3-4,7,10,13-14H,5-6,8-9,11H2,1-2H3. The number of allylic oxidation sites excluding steroid dienone is 1. The van der Waals surface area contributed by atoms with Crippen molar-refractivity contribution in [1.29, 1.82) is 0 Å². The molecule has 1 fully saturated rings. The zero-order valence-corrected chi connectivity index (χ0v) is 15.5. The third kappa shape index (κ3) is 3.73.